The van der Waals surface area contributed by atoms with E-state index < -0.39 is 11.7 Å². The fourth-order valence-electron chi connectivity index (χ4n) is 1.93. The summed E-state index contributed by atoms with van der Waals surface area (Å²) in [7, 11) is 0. The van der Waals surface area contributed by atoms with Crippen molar-refractivity contribution in [2.24, 2.45) is 11.8 Å². The summed E-state index contributed by atoms with van der Waals surface area (Å²) in [6.45, 7) is 7.22. The van der Waals surface area contributed by atoms with E-state index in [2.05, 4.69) is 11.4 Å². The zero-order chi connectivity index (χ0) is 13.6. The van der Waals surface area contributed by atoms with Gasteiger partial charge in [-0.05, 0) is 39.5 Å². The van der Waals surface area contributed by atoms with Gasteiger partial charge < -0.3 is 14.8 Å². The molecule has 0 saturated carbocycles. The summed E-state index contributed by atoms with van der Waals surface area (Å²) in [5.41, 5.74) is -0.495. The quantitative estimate of drug-likeness (QED) is 0.819. The highest BCUT2D eigenvalue weighted by molar-refractivity contribution is 5.67. The van der Waals surface area contributed by atoms with E-state index in [1.165, 1.54) is 0 Å². The van der Waals surface area contributed by atoms with E-state index in [0.717, 1.165) is 12.8 Å². The molecular formula is C13H22N2O3. The Morgan fingerprint density at radius 2 is 2.11 bits per heavy atom. The van der Waals surface area contributed by atoms with Gasteiger partial charge in [0.05, 0.1) is 12.0 Å². The zero-order valence-corrected chi connectivity index (χ0v) is 11.4. The second-order valence-electron chi connectivity index (χ2n) is 5.57. The number of hydrogen-bond acceptors (Lipinski definition) is 4. The molecular weight excluding hydrogens is 232 g/mol. The zero-order valence-electron chi connectivity index (χ0n) is 11.4. The summed E-state index contributed by atoms with van der Waals surface area (Å²) in [5, 5.41) is 11.8. The highest BCUT2D eigenvalue weighted by Gasteiger charge is 2.25. The van der Waals surface area contributed by atoms with E-state index in [1.807, 2.05) is 20.8 Å². The maximum Gasteiger partial charge on any atom is 0.407 e. The molecule has 0 aromatic heterocycles. The van der Waals surface area contributed by atoms with Crippen molar-refractivity contribution in [1.82, 2.24) is 5.32 Å². The van der Waals surface area contributed by atoms with Gasteiger partial charge in [0.2, 0.25) is 0 Å². The molecule has 1 aliphatic rings. The number of carbonyl (C=O) groups is 1. The lowest BCUT2D eigenvalue weighted by molar-refractivity contribution is 0.0514. The molecule has 18 heavy (non-hydrogen) atoms. The van der Waals surface area contributed by atoms with Crippen LogP contribution in [0.2, 0.25) is 0 Å². The molecule has 5 nitrogen and oxygen atoms in total. The minimum atomic E-state index is -0.495. The average molecular weight is 254 g/mol. The average Bonchev–Trinajstić information content (AvgIpc) is 2.48. The van der Waals surface area contributed by atoms with Gasteiger partial charge in [0.1, 0.15) is 5.60 Å². The van der Waals surface area contributed by atoms with Crippen LogP contribution in [0.4, 0.5) is 4.79 Å². The number of nitrogens with one attached hydrogen (secondary N) is 1. The van der Waals surface area contributed by atoms with Gasteiger partial charge in [-0.1, -0.05) is 0 Å². The highest BCUT2D eigenvalue weighted by atomic mass is 16.6. The van der Waals surface area contributed by atoms with Gasteiger partial charge >= 0.3 is 6.09 Å². The van der Waals surface area contributed by atoms with Crippen molar-refractivity contribution >= 4 is 6.09 Å². The molecule has 1 fully saturated rings. The van der Waals surface area contributed by atoms with Gasteiger partial charge in [-0.15, -0.1) is 0 Å². The van der Waals surface area contributed by atoms with Crippen LogP contribution in [0, 0.1) is 23.2 Å². The summed E-state index contributed by atoms with van der Waals surface area (Å²) >= 11 is 0. The molecule has 0 aromatic carbocycles. The molecule has 1 aliphatic heterocycles. The van der Waals surface area contributed by atoms with E-state index in [9.17, 15) is 4.79 Å². The smallest absolute Gasteiger partial charge is 0.407 e. The summed E-state index contributed by atoms with van der Waals surface area (Å²) in [6.07, 6.45) is 1.11. The lowest BCUT2D eigenvalue weighted by atomic mass is 9.89. The standard InChI is InChI=1S/C13H22N2O3/c1-13(2,3)18-12(16)15-9-11-5-7-17-6-4-10(11)8-14/h10-11H,4-7,9H2,1-3H3,(H,15,16)/t10-,11+/m1/s1. The number of amides is 1. The summed E-state index contributed by atoms with van der Waals surface area (Å²) in [4.78, 5) is 11.5. The Morgan fingerprint density at radius 3 is 2.72 bits per heavy atom. The van der Waals surface area contributed by atoms with E-state index in [-0.39, 0.29) is 11.8 Å². The monoisotopic (exact) mass is 254 g/mol. The van der Waals surface area contributed by atoms with Crippen LogP contribution in [0.15, 0.2) is 0 Å². The molecule has 0 radical (unpaired) electrons. The van der Waals surface area contributed by atoms with Crippen molar-refractivity contribution in [2.75, 3.05) is 19.8 Å². The van der Waals surface area contributed by atoms with Gasteiger partial charge in [-0.25, -0.2) is 4.79 Å². The fraction of sp³-hybridized carbons (Fsp3) is 0.846. The maximum atomic E-state index is 11.5. The molecule has 1 rings (SSSR count). The van der Waals surface area contributed by atoms with Gasteiger partial charge in [-0.3, -0.25) is 0 Å². The topological polar surface area (TPSA) is 71.3 Å². The third-order valence-electron chi connectivity index (χ3n) is 2.85. The van der Waals surface area contributed by atoms with Crippen LogP contribution in [0.5, 0.6) is 0 Å². The molecule has 0 spiro atoms. The van der Waals surface area contributed by atoms with Gasteiger partial charge in [0.25, 0.3) is 0 Å². The first-order chi connectivity index (χ1) is 8.42. The molecule has 1 saturated heterocycles. The van der Waals surface area contributed by atoms with E-state index in [0.29, 0.717) is 19.8 Å². The van der Waals surface area contributed by atoms with Crippen molar-refractivity contribution in [3.63, 3.8) is 0 Å². The normalized spacial score (nSPS) is 24.8. The first-order valence-electron chi connectivity index (χ1n) is 6.36. The molecule has 1 heterocycles. The fourth-order valence-corrected chi connectivity index (χ4v) is 1.93. The molecule has 0 unspecified atom stereocenters. The second-order valence-corrected chi connectivity index (χ2v) is 5.57. The van der Waals surface area contributed by atoms with Crippen LogP contribution in [-0.2, 0) is 9.47 Å². The predicted molar refractivity (Wildman–Crippen MR) is 66.9 cm³/mol. The molecule has 2 atom stereocenters. The Labute approximate surface area is 108 Å². The van der Waals surface area contributed by atoms with Crippen LogP contribution in [-0.4, -0.2) is 31.5 Å². The number of alkyl carbamates (subject to hydrolysis) is 1. The van der Waals surface area contributed by atoms with Crippen LogP contribution >= 0.6 is 0 Å². The molecule has 1 N–H and O–H groups in total. The number of rotatable bonds is 2. The number of carbonyl (C=O) groups excluding carboxylic acids is 1. The molecule has 1 amide bonds. The van der Waals surface area contributed by atoms with E-state index >= 15 is 0 Å². The van der Waals surface area contributed by atoms with Crippen LogP contribution < -0.4 is 5.32 Å². The number of hydrogen-bond donors (Lipinski definition) is 1. The Morgan fingerprint density at radius 1 is 1.44 bits per heavy atom. The molecule has 0 bridgehead atoms. The Kier molecular flexibility index (Phi) is 5.42. The van der Waals surface area contributed by atoms with Crippen molar-refractivity contribution < 1.29 is 14.3 Å². The van der Waals surface area contributed by atoms with E-state index in [1.54, 1.807) is 0 Å². The third-order valence-corrected chi connectivity index (χ3v) is 2.85. The van der Waals surface area contributed by atoms with Crippen molar-refractivity contribution in [2.45, 2.75) is 39.2 Å². The summed E-state index contributed by atoms with van der Waals surface area (Å²) in [5.74, 6) is 0.0902. The van der Waals surface area contributed by atoms with Gasteiger partial charge in [0, 0.05) is 19.8 Å². The lowest BCUT2D eigenvalue weighted by Gasteiger charge is -2.22. The van der Waals surface area contributed by atoms with Gasteiger partial charge in [-0.2, -0.15) is 5.26 Å². The molecule has 0 aliphatic carbocycles. The summed E-state index contributed by atoms with van der Waals surface area (Å²) < 4.78 is 10.5. The Hall–Kier alpha value is -1.28. The van der Waals surface area contributed by atoms with Gasteiger partial charge in [0.15, 0.2) is 0 Å². The molecule has 102 valence electrons. The lowest BCUT2D eigenvalue weighted by Crippen LogP contribution is -2.36. The van der Waals surface area contributed by atoms with Crippen LogP contribution in [0.25, 0.3) is 0 Å². The largest absolute Gasteiger partial charge is 0.444 e. The van der Waals surface area contributed by atoms with Crippen molar-refractivity contribution in [1.29, 1.82) is 5.26 Å². The van der Waals surface area contributed by atoms with Crippen LogP contribution in [0.1, 0.15) is 33.6 Å². The Balaban J connectivity index is 2.41. The predicted octanol–water partition coefficient (Wildman–Crippen LogP) is 2.08. The van der Waals surface area contributed by atoms with Crippen molar-refractivity contribution in [3.05, 3.63) is 0 Å². The molecule has 5 heteroatoms. The second kappa shape index (κ2) is 6.60. The summed E-state index contributed by atoms with van der Waals surface area (Å²) in [6, 6.07) is 2.29. The first-order valence-corrected chi connectivity index (χ1v) is 6.36. The number of ether oxygens (including phenoxy) is 2. The highest BCUT2D eigenvalue weighted by Crippen LogP contribution is 2.22. The SMILES string of the molecule is CC(C)(C)OC(=O)NC[C@@H]1CCOCC[C@@H]1C#N. The van der Waals surface area contributed by atoms with Crippen LogP contribution in [0.3, 0.4) is 0 Å². The number of nitriles is 1. The third kappa shape index (κ3) is 5.37. The molecule has 0 aromatic rings. The van der Waals surface area contributed by atoms with E-state index in [4.69, 9.17) is 14.7 Å². The minimum Gasteiger partial charge on any atom is -0.444 e. The first kappa shape index (κ1) is 14.8. The minimum absolute atomic E-state index is 0.0533. The number of nitrogens with zero attached hydrogens (tertiary/aromatic N) is 1. The maximum absolute atomic E-state index is 11.5. The van der Waals surface area contributed by atoms with Crippen molar-refractivity contribution in [3.8, 4) is 6.07 Å². The Bertz CT molecular complexity index is 317.